The second-order valence-electron chi connectivity index (χ2n) is 7.17. The van der Waals surface area contributed by atoms with E-state index in [4.69, 9.17) is 9.47 Å². The Hall–Kier alpha value is -2.22. The van der Waals surface area contributed by atoms with Gasteiger partial charge in [0.25, 0.3) is 0 Å². The fraction of sp³-hybridized carbons (Fsp3) is 0.588. The maximum atomic E-state index is 13.2. The Kier molecular flexibility index (Phi) is 4.89. The van der Waals surface area contributed by atoms with Gasteiger partial charge < -0.3 is 19.4 Å². The monoisotopic (exact) mass is 350 g/mol. The summed E-state index contributed by atoms with van der Waals surface area (Å²) < 4.78 is 24.3. The van der Waals surface area contributed by atoms with Gasteiger partial charge in [0, 0.05) is 19.0 Å². The molecule has 3 heterocycles. The van der Waals surface area contributed by atoms with Gasteiger partial charge >= 0.3 is 6.09 Å². The standard InChI is InChI=1S/C17H23FN4O3/c1-17(2,3)25-16(23)22-6-7-24-12(10-22)4-5-14-20-13-8-11(18)9-19-15(13)21-14/h8-9,12H,4-7,10H2,1-3H3,(H,19,20,21). The van der Waals surface area contributed by atoms with Gasteiger partial charge in [-0.1, -0.05) is 0 Å². The van der Waals surface area contributed by atoms with Crippen molar-refractivity contribution in [3.05, 3.63) is 23.9 Å². The van der Waals surface area contributed by atoms with Crippen molar-refractivity contribution >= 4 is 17.3 Å². The van der Waals surface area contributed by atoms with E-state index >= 15 is 0 Å². The van der Waals surface area contributed by atoms with Gasteiger partial charge in [0.2, 0.25) is 0 Å². The van der Waals surface area contributed by atoms with Crippen LogP contribution in [0.3, 0.4) is 0 Å². The Labute approximate surface area is 145 Å². The number of hydrogen-bond acceptors (Lipinski definition) is 5. The molecular weight excluding hydrogens is 327 g/mol. The second kappa shape index (κ2) is 6.95. The molecule has 1 unspecified atom stereocenters. The first kappa shape index (κ1) is 17.6. The highest BCUT2D eigenvalue weighted by Crippen LogP contribution is 2.17. The van der Waals surface area contributed by atoms with Crippen molar-refractivity contribution in [1.29, 1.82) is 0 Å². The molecule has 0 aliphatic carbocycles. The zero-order valence-electron chi connectivity index (χ0n) is 14.7. The number of carbonyl (C=O) groups excluding carboxylic acids is 1. The molecule has 2 aromatic rings. The minimum atomic E-state index is -0.512. The van der Waals surface area contributed by atoms with Gasteiger partial charge in [0.1, 0.15) is 17.2 Å². The molecule has 1 aliphatic heterocycles. The molecule has 1 amide bonds. The SMILES string of the molecule is CC(C)(C)OC(=O)N1CCOC(CCc2nc3ncc(F)cc3[nH]2)C1. The van der Waals surface area contributed by atoms with E-state index in [0.717, 1.165) is 12.0 Å². The number of nitrogens with one attached hydrogen (secondary N) is 1. The van der Waals surface area contributed by atoms with Crippen LogP contribution in [0.5, 0.6) is 0 Å². The lowest BCUT2D eigenvalue weighted by molar-refractivity contribution is -0.0444. The van der Waals surface area contributed by atoms with Gasteiger partial charge in [-0.25, -0.2) is 19.2 Å². The highest BCUT2D eigenvalue weighted by atomic mass is 19.1. The van der Waals surface area contributed by atoms with Crippen molar-refractivity contribution in [3.8, 4) is 0 Å². The van der Waals surface area contributed by atoms with Crippen LogP contribution in [0.1, 0.15) is 33.0 Å². The number of rotatable bonds is 3. The summed E-state index contributed by atoms with van der Waals surface area (Å²) >= 11 is 0. The topological polar surface area (TPSA) is 80.3 Å². The van der Waals surface area contributed by atoms with Crippen LogP contribution >= 0.6 is 0 Å². The lowest BCUT2D eigenvalue weighted by Crippen LogP contribution is -2.47. The Morgan fingerprint density at radius 1 is 1.52 bits per heavy atom. The van der Waals surface area contributed by atoms with Crippen molar-refractivity contribution in [1.82, 2.24) is 19.9 Å². The summed E-state index contributed by atoms with van der Waals surface area (Å²) in [6.07, 6.45) is 2.07. The molecule has 1 N–H and O–H groups in total. The number of aryl methyl sites for hydroxylation is 1. The number of fused-ring (bicyclic) bond motifs is 1. The van der Waals surface area contributed by atoms with E-state index in [2.05, 4.69) is 15.0 Å². The van der Waals surface area contributed by atoms with Crippen LogP contribution < -0.4 is 0 Å². The van der Waals surface area contributed by atoms with Crippen LogP contribution in [0.4, 0.5) is 9.18 Å². The number of amides is 1. The Bertz CT molecular complexity index is 756. The first-order chi connectivity index (χ1) is 11.8. The summed E-state index contributed by atoms with van der Waals surface area (Å²) in [5.41, 5.74) is 0.563. The summed E-state index contributed by atoms with van der Waals surface area (Å²) in [4.78, 5) is 25.2. The molecule has 3 rings (SSSR count). The molecule has 2 aromatic heterocycles. The molecule has 0 bridgehead atoms. The number of morpholine rings is 1. The first-order valence-corrected chi connectivity index (χ1v) is 8.40. The third kappa shape index (κ3) is 4.66. The van der Waals surface area contributed by atoms with Crippen LogP contribution in [-0.2, 0) is 15.9 Å². The maximum Gasteiger partial charge on any atom is 0.410 e. The van der Waals surface area contributed by atoms with E-state index in [9.17, 15) is 9.18 Å². The summed E-state index contributed by atoms with van der Waals surface area (Å²) in [5.74, 6) is 0.331. The van der Waals surface area contributed by atoms with Crippen LogP contribution in [0.25, 0.3) is 11.2 Å². The van der Waals surface area contributed by atoms with Crippen molar-refractivity contribution < 1.29 is 18.7 Å². The molecule has 1 atom stereocenters. The lowest BCUT2D eigenvalue weighted by Gasteiger charge is -2.34. The molecule has 8 heteroatoms. The maximum absolute atomic E-state index is 13.2. The highest BCUT2D eigenvalue weighted by Gasteiger charge is 2.28. The van der Waals surface area contributed by atoms with E-state index in [-0.39, 0.29) is 12.2 Å². The van der Waals surface area contributed by atoms with Gasteiger partial charge in [-0.3, -0.25) is 0 Å². The van der Waals surface area contributed by atoms with E-state index in [1.807, 2.05) is 20.8 Å². The summed E-state index contributed by atoms with van der Waals surface area (Å²) in [5, 5.41) is 0. The average molecular weight is 350 g/mol. The van der Waals surface area contributed by atoms with Crippen molar-refractivity contribution in [3.63, 3.8) is 0 Å². The highest BCUT2D eigenvalue weighted by molar-refractivity contribution is 5.70. The molecule has 1 aliphatic rings. The van der Waals surface area contributed by atoms with Crippen molar-refractivity contribution in [2.24, 2.45) is 0 Å². The van der Waals surface area contributed by atoms with E-state index < -0.39 is 11.4 Å². The van der Waals surface area contributed by atoms with Crippen LogP contribution in [0.2, 0.25) is 0 Å². The molecule has 7 nitrogen and oxygen atoms in total. The number of ether oxygens (including phenoxy) is 2. The second-order valence-corrected chi connectivity index (χ2v) is 7.17. The molecule has 25 heavy (non-hydrogen) atoms. The molecule has 0 saturated carbocycles. The molecule has 0 radical (unpaired) electrons. The van der Waals surface area contributed by atoms with Gasteiger partial charge in [-0.05, 0) is 27.2 Å². The number of nitrogens with zero attached hydrogens (tertiary/aromatic N) is 3. The number of aromatic amines is 1. The number of imidazole rings is 1. The summed E-state index contributed by atoms with van der Waals surface area (Å²) in [6, 6.07) is 1.38. The summed E-state index contributed by atoms with van der Waals surface area (Å²) in [7, 11) is 0. The number of carbonyl (C=O) groups is 1. The van der Waals surface area contributed by atoms with Crippen LogP contribution in [-0.4, -0.2) is 57.3 Å². The number of aromatic nitrogens is 3. The normalized spacial score (nSPS) is 18.6. The van der Waals surface area contributed by atoms with Crippen molar-refractivity contribution in [2.75, 3.05) is 19.7 Å². The molecule has 136 valence electrons. The zero-order valence-corrected chi connectivity index (χ0v) is 14.7. The Balaban J connectivity index is 1.56. The third-order valence-electron chi connectivity index (χ3n) is 3.85. The molecule has 1 saturated heterocycles. The number of hydrogen-bond donors (Lipinski definition) is 1. The lowest BCUT2D eigenvalue weighted by atomic mass is 10.1. The van der Waals surface area contributed by atoms with E-state index in [0.29, 0.717) is 43.7 Å². The Morgan fingerprint density at radius 3 is 3.08 bits per heavy atom. The molecule has 0 spiro atoms. The van der Waals surface area contributed by atoms with E-state index in [1.54, 1.807) is 4.90 Å². The van der Waals surface area contributed by atoms with Gasteiger partial charge in [0.15, 0.2) is 5.65 Å². The van der Waals surface area contributed by atoms with Gasteiger partial charge in [-0.15, -0.1) is 0 Å². The minimum Gasteiger partial charge on any atom is -0.444 e. The minimum absolute atomic E-state index is 0.0841. The molecule has 0 aromatic carbocycles. The van der Waals surface area contributed by atoms with E-state index in [1.165, 1.54) is 6.07 Å². The number of pyridine rings is 1. The largest absolute Gasteiger partial charge is 0.444 e. The fourth-order valence-corrected chi connectivity index (χ4v) is 2.73. The average Bonchev–Trinajstić information content (AvgIpc) is 2.93. The predicted molar refractivity (Wildman–Crippen MR) is 89.7 cm³/mol. The number of H-pyrrole nitrogens is 1. The smallest absolute Gasteiger partial charge is 0.410 e. The molecule has 1 fully saturated rings. The van der Waals surface area contributed by atoms with Crippen LogP contribution in [0, 0.1) is 5.82 Å². The first-order valence-electron chi connectivity index (χ1n) is 8.40. The number of halogens is 1. The third-order valence-corrected chi connectivity index (χ3v) is 3.85. The summed E-state index contributed by atoms with van der Waals surface area (Å²) in [6.45, 7) is 7.04. The zero-order chi connectivity index (χ0) is 18.0. The van der Waals surface area contributed by atoms with Gasteiger partial charge in [0.05, 0.1) is 31.0 Å². The van der Waals surface area contributed by atoms with Crippen molar-refractivity contribution in [2.45, 2.75) is 45.3 Å². The quantitative estimate of drug-likeness (QED) is 0.920. The predicted octanol–water partition coefficient (Wildman–Crippen LogP) is 2.67. The fourth-order valence-electron chi connectivity index (χ4n) is 2.73. The van der Waals surface area contributed by atoms with Gasteiger partial charge in [-0.2, -0.15) is 0 Å². The van der Waals surface area contributed by atoms with Crippen LogP contribution in [0.15, 0.2) is 12.3 Å². The Morgan fingerprint density at radius 2 is 2.32 bits per heavy atom. The molecular formula is C17H23FN4O3.